The molecular weight excluding hydrogens is 332 g/mol. The van der Waals surface area contributed by atoms with E-state index in [0.717, 1.165) is 11.1 Å². The zero-order chi connectivity index (χ0) is 18.9. The monoisotopic (exact) mass is 356 g/mol. The first kappa shape index (κ1) is 19.3. The molecule has 0 aromatic heterocycles. The number of benzene rings is 2. The largest absolute Gasteiger partial charge is 0.497 e. The van der Waals surface area contributed by atoms with Crippen molar-refractivity contribution in [2.75, 3.05) is 20.8 Å². The van der Waals surface area contributed by atoms with Gasteiger partial charge in [0.05, 0.1) is 20.4 Å². The number of hydrogen-bond acceptors (Lipinski definition) is 5. The maximum Gasteiger partial charge on any atom is 0.277 e. The Morgan fingerprint density at radius 1 is 1.12 bits per heavy atom. The molecule has 0 saturated carbocycles. The fraction of sp³-hybridized carbons (Fsp3) is 0.300. The van der Waals surface area contributed by atoms with Crippen LogP contribution in [0, 0.1) is 0 Å². The Balaban J connectivity index is 1.92. The number of amides is 1. The summed E-state index contributed by atoms with van der Waals surface area (Å²) in [6, 6.07) is 13.0. The normalized spacial score (nSPS) is 10.8. The Bertz CT molecular complexity index is 772. The van der Waals surface area contributed by atoms with Gasteiger partial charge in [-0.15, -0.1) is 0 Å². The minimum atomic E-state index is -0.340. The molecule has 0 fully saturated rings. The molecule has 2 aromatic rings. The van der Waals surface area contributed by atoms with Crippen LogP contribution in [0.2, 0.25) is 0 Å². The molecule has 0 aliphatic rings. The molecule has 0 spiro atoms. The lowest BCUT2D eigenvalue weighted by molar-refractivity contribution is -0.123. The van der Waals surface area contributed by atoms with Crippen LogP contribution >= 0.6 is 0 Å². The first-order valence-electron chi connectivity index (χ1n) is 8.30. The maximum absolute atomic E-state index is 11.9. The maximum atomic E-state index is 11.9. The van der Waals surface area contributed by atoms with Crippen molar-refractivity contribution < 1.29 is 19.0 Å². The molecule has 1 amide bonds. The van der Waals surface area contributed by atoms with Crippen molar-refractivity contribution in [3.63, 3.8) is 0 Å². The third-order valence-corrected chi connectivity index (χ3v) is 3.73. The van der Waals surface area contributed by atoms with Crippen LogP contribution < -0.4 is 19.6 Å². The van der Waals surface area contributed by atoms with Crippen molar-refractivity contribution in [2.24, 2.45) is 5.10 Å². The van der Waals surface area contributed by atoms with Crippen LogP contribution in [0.4, 0.5) is 0 Å². The molecule has 1 N–H and O–H groups in total. The highest BCUT2D eigenvalue weighted by Crippen LogP contribution is 2.25. The first-order valence-corrected chi connectivity index (χ1v) is 8.30. The molecule has 26 heavy (non-hydrogen) atoms. The van der Waals surface area contributed by atoms with Crippen LogP contribution in [0.15, 0.2) is 47.6 Å². The van der Waals surface area contributed by atoms with Crippen LogP contribution in [0.1, 0.15) is 30.9 Å². The predicted molar refractivity (Wildman–Crippen MR) is 101 cm³/mol. The molecule has 2 aromatic carbocycles. The third-order valence-electron chi connectivity index (χ3n) is 3.73. The second kappa shape index (κ2) is 9.46. The van der Waals surface area contributed by atoms with E-state index < -0.39 is 0 Å². The minimum Gasteiger partial charge on any atom is -0.497 e. The average Bonchev–Trinajstić information content (AvgIpc) is 2.66. The molecule has 2 rings (SSSR count). The first-order chi connectivity index (χ1) is 12.5. The summed E-state index contributed by atoms with van der Waals surface area (Å²) in [5.41, 5.74) is 4.23. The molecule has 0 bridgehead atoms. The van der Waals surface area contributed by atoms with Gasteiger partial charge >= 0.3 is 0 Å². The van der Waals surface area contributed by atoms with Gasteiger partial charge in [0.2, 0.25) is 0 Å². The molecule has 0 saturated heterocycles. The number of para-hydroxylation sites is 1. The molecule has 138 valence electrons. The van der Waals surface area contributed by atoms with Gasteiger partial charge in [0.25, 0.3) is 5.91 Å². The zero-order valence-electron chi connectivity index (χ0n) is 15.5. The summed E-state index contributed by atoms with van der Waals surface area (Å²) < 4.78 is 16.0. The average molecular weight is 356 g/mol. The van der Waals surface area contributed by atoms with E-state index in [2.05, 4.69) is 24.4 Å². The Kier molecular flexibility index (Phi) is 7.02. The van der Waals surface area contributed by atoms with E-state index in [4.69, 9.17) is 14.2 Å². The van der Waals surface area contributed by atoms with Gasteiger partial charge in [-0.25, -0.2) is 5.43 Å². The van der Waals surface area contributed by atoms with Crippen molar-refractivity contribution in [1.29, 1.82) is 0 Å². The van der Waals surface area contributed by atoms with Gasteiger partial charge in [-0.1, -0.05) is 32.0 Å². The fourth-order valence-corrected chi connectivity index (χ4v) is 2.36. The Hall–Kier alpha value is -3.02. The second-order valence-corrected chi connectivity index (χ2v) is 5.88. The van der Waals surface area contributed by atoms with Crippen molar-refractivity contribution in [3.05, 3.63) is 53.6 Å². The number of nitrogens with zero attached hydrogens (tertiary/aromatic N) is 1. The van der Waals surface area contributed by atoms with E-state index >= 15 is 0 Å². The standard InChI is InChI=1S/C20H24N2O4/c1-14(2)17-7-5-6-8-18(17)26-13-20(23)22-21-12-15-9-10-16(24-3)11-19(15)25-4/h5-12,14H,13H2,1-4H3,(H,22,23). The lowest BCUT2D eigenvalue weighted by atomic mass is 10.0. The molecule has 0 radical (unpaired) electrons. The summed E-state index contributed by atoms with van der Waals surface area (Å²) >= 11 is 0. The number of carbonyl (C=O) groups is 1. The van der Waals surface area contributed by atoms with Crippen LogP contribution in [0.5, 0.6) is 17.2 Å². The number of methoxy groups -OCH3 is 2. The summed E-state index contributed by atoms with van der Waals surface area (Å²) in [6.07, 6.45) is 1.51. The second-order valence-electron chi connectivity index (χ2n) is 5.88. The zero-order valence-corrected chi connectivity index (χ0v) is 15.5. The topological polar surface area (TPSA) is 69.2 Å². The molecule has 6 heteroatoms. The summed E-state index contributed by atoms with van der Waals surface area (Å²) in [5, 5.41) is 3.95. The van der Waals surface area contributed by atoms with Crippen molar-refractivity contribution in [3.8, 4) is 17.2 Å². The quantitative estimate of drug-likeness (QED) is 0.582. The number of hydrazone groups is 1. The Morgan fingerprint density at radius 2 is 1.88 bits per heavy atom. The van der Waals surface area contributed by atoms with E-state index in [9.17, 15) is 4.79 Å². The van der Waals surface area contributed by atoms with Crippen LogP contribution in [0.25, 0.3) is 0 Å². The van der Waals surface area contributed by atoms with Gasteiger partial charge < -0.3 is 14.2 Å². The van der Waals surface area contributed by atoms with Gasteiger partial charge in [-0.2, -0.15) is 5.10 Å². The van der Waals surface area contributed by atoms with Gasteiger partial charge in [-0.3, -0.25) is 4.79 Å². The highest BCUT2D eigenvalue weighted by molar-refractivity contribution is 5.85. The number of carbonyl (C=O) groups excluding carboxylic acids is 1. The molecule has 0 aliphatic carbocycles. The highest BCUT2D eigenvalue weighted by atomic mass is 16.5. The predicted octanol–water partition coefficient (Wildman–Crippen LogP) is 3.36. The van der Waals surface area contributed by atoms with Crippen LogP contribution in [0.3, 0.4) is 0 Å². The number of hydrogen-bond donors (Lipinski definition) is 1. The minimum absolute atomic E-state index is 0.110. The molecule has 0 aliphatic heterocycles. The van der Waals surface area contributed by atoms with E-state index in [0.29, 0.717) is 23.2 Å². The number of ether oxygens (including phenoxy) is 3. The lowest BCUT2D eigenvalue weighted by Crippen LogP contribution is -2.24. The summed E-state index contributed by atoms with van der Waals surface area (Å²) in [7, 11) is 3.14. The molecule has 0 unspecified atom stereocenters. The van der Waals surface area contributed by atoms with Gasteiger partial charge in [0.15, 0.2) is 6.61 Å². The Labute approximate surface area is 153 Å². The molecular formula is C20H24N2O4. The summed E-state index contributed by atoms with van der Waals surface area (Å²) in [6.45, 7) is 4.05. The van der Waals surface area contributed by atoms with Gasteiger partial charge in [0.1, 0.15) is 17.2 Å². The highest BCUT2D eigenvalue weighted by Gasteiger charge is 2.09. The Morgan fingerprint density at radius 3 is 2.58 bits per heavy atom. The molecule has 0 atom stereocenters. The van der Waals surface area contributed by atoms with E-state index in [1.54, 1.807) is 32.4 Å². The van der Waals surface area contributed by atoms with Crippen molar-refractivity contribution in [1.82, 2.24) is 5.43 Å². The van der Waals surface area contributed by atoms with Crippen molar-refractivity contribution in [2.45, 2.75) is 19.8 Å². The number of nitrogens with one attached hydrogen (secondary N) is 1. The summed E-state index contributed by atoms with van der Waals surface area (Å²) in [4.78, 5) is 11.9. The number of rotatable bonds is 8. The van der Waals surface area contributed by atoms with Gasteiger partial charge in [0, 0.05) is 11.6 Å². The van der Waals surface area contributed by atoms with E-state index in [-0.39, 0.29) is 12.5 Å². The lowest BCUT2D eigenvalue weighted by Gasteiger charge is -2.13. The summed E-state index contributed by atoms with van der Waals surface area (Å²) in [5.74, 6) is 1.96. The van der Waals surface area contributed by atoms with Crippen LogP contribution in [-0.4, -0.2) is 32.9 Å². The third kappa shape index (κ3) is 5.24. The van der Waals surface area contributed by atoms with E-state index in [1.807, 2.05) is 24.3 Å². The van der Waals surface area contributed by atoms with Crippen molar-refractivity contribution >= 4 is 12.1 Å². The SMILES string of the molecule is COc1ccc(C=NNC(=O)COc2ccccc2C(C)C)c(OC)c1. The fourth-order valence-electron chi connectivity index (χ4n) is 2.36. The van der Waals surface area contributed by atoms with Crippen LogP contribution in [-0.2, 0) is 4.79 Å². The van der Waals surface area contributed by atoms with Gasteiger partial charge in [-0.05, 0) is 29.7 Å². The molecule has 6 nitrogen and oxygen atoms in total. The smallest absolute Gasteiger partial charge is 0.277 e. The van der Waals surface area contributed by atoms with E-state index in [1.165, 1.54) is 6.21 Å². The molecule has 0 heterocycles.